The van der Waals surface area contributed by atoms with Crippen molar-refractivity contribution in [3.8, 4) is 0 Å². The fourth-order valence-electron chi connectivity index (χ4n) is 10.2. The maximum Gasteiger partial charge on any atom is 0.242 e. The Balaban J connectivity index is 1.07. The zero-order valence-electron chi connectivity index (χ0n) is 38.3. The molecule has 0 aromatic heterocycles. The molecule has 15 nitrogen and oxygen atoms in total. The van der Waals surface area contributed by atoms with Gasteiger partial charge in [-0.15, -0.1) is 0 Å². The minimum Gasteiger partial charge on any atom is -0.391 e. The Morgan fingerprint density at radius 3 is 2.39 bits per heavy atom. The van der Waals surface area contributed by atoms with E-state index < -0.39 is 48.8 Å². The van der Waals surface area contributed by atoms with E-state index in [1.165, 1.54) is 12.7 Å². The number of Topliss-reactive ketones (excluding diaryl/α,β-unsaturated/α-hetero) is 1. The molecular weight excluding hydrogens is 801 g/mol. The van der Waals surface area contributed by atoms with E-state index in [4.69, 9.17) is 37.9 Å². The van der Waals surface area contributed by atoms with Crippen molar-refractivity contribution < 1.29 is 62.5 Å². The second-order valence-corrected chi connectivity index (χ2v) is 18.9. The minimum atomic E-state index is -0.943. The third kappa shape index (κ3) is 14.6. The lowest BCUT2D eigenvalue weighted by Crippen LogP contribution is -2.50. The summed E-state index contributed by atoms with van der Waals surface area (Å²) in [5.74, 6) is -0.0743. The highest BCUT2D eigenvalue weighted by atomic mass is 16.6. The third-order valence-corrected chi connectivity index (χ3v) is 13.4. The van der Waals surface area contributed by atoms with E-state index >= 15 is 0 Å². The largest absolute Gasteiger partial charge is 0.391 e. The van der Waals surface area contributed by atoms with Crippen molar-refractivity contribution in [2.24, 2.45) is 23.7 Å². The Bertz CT molecular complexity index is 1460. The number of methoxy groups -OCH3 is 2. The molecule has 354 valence electrons. The van der Waals surface area contributed by atoms with Crippen molar-refractivity contribution >= 4 is 17.6 Å². The van der Waals surface area contributed by atoms with Gasteiger partial charge in [-0.2, -0.15) is 0 Å². The molecule has 5 saturated heterocycles. The van der Waals surface area contributed by atoms with Crippen molar-refractivity contribution in [2.45, 2.75) is 178 Å². The Hall–Kier alpha value is -2.31. The molecule has 0 aromatic carbocycles. The van der Waals surface area contributed by atoms with E-state index in [2.05, 4.69) is 30.7 Å². The molecule has 15 atom stereocenters. The van der Waals surface area contributed by atoms with Gasteiger partial charge in [0.15, 0.2) is 0 Å². The molecule has 10 unspecified atom stereocenters. The molecule has 0 spiro atoms. The standard InChI is InChI=1S/C47H78N2O13/c1-9-40-28(4)17-36(61-40)21-38(37-14-15-57-23-29(37)5)41-12-11-35(60-41)25-59-42-13-10-34(62-46(42)39(52)26-55-7)19-32(50)18-31-24-58-43(45(31)56-8)20-33(51)22-48-47(54)30(6)49-44(53)16-27(2)3/h27,30-31,33-43,45-46,51-52H,4-5,9-26H2,1-3,6-8H3,(H,48,54)(H,49,53)/t30-,31?,33?,34?,35?,36?,37+,38?,39?,40-,41?,42?,43+,45+,46?/m0/s1. The second kappa shape index (κ2) is 24.8. The highest BCUT2D eigenvalue weighted by Gasteiger charge is 2.44. The summed E-state index contributed by atoms with van der Waals surface area (Å²) in [6.45, 7) is 18.3. The minimum absolute atomic E-state index is 0.00309. The quantitative estimate of drug-likeness (QED) is 0.102. The SMILES string of the molecule is C=C1CC(CC(C2CCC(COC3CCC(CC(=O)CC4CO[C@H](CC(O)CNC(=O)[C@H](C)NC(=O)CC(C)C)[C@@H]4OC)OC3C(O)COC)O2)[C@@H]2CCOCC2=C)O[C@H]1CC. The molecule has 0 bridgehead atoms. The van der Waals surface area contributed by atoms with Crippen LogP contribution in [0.1, 0.15) is 105 Å². The van der Waals surface area contributed by atoms with Crippen molar-refractivity contribution in [3.05, 3.63) is 24.3 Å². The molecule has 5 heterocycles. The van der Waals surface area contributed by atoms with Crippen LogP contribution >= 0.6 is 0 Å². The van der Waals surface area contributed by atoms with Gasteiger partial charge in [0, 0.05) is 59.0 Å². The average Bonchev–Trinajstić information content (AvgIpc) is 3.96. The van der Waals surface area contributed by atoms with Gasteiger partial charge in [0.05, 0.1) is 81.4 Å². The zero-order valence-corrected chi connectivity index (χ0v) is 38.3. The fraction of sp³-hybridized carbons (Fsp3) is 0.851. The van der Waals surface area contributed by atoms with E-state index in [-0.39, 0.29) is 92.2 Å². The van der Waals surface area contributed by atoms with Crippen molar-refractivity contribution in [3.63, 3.8) is 0 Å². The van der Waals surface area contributed by atoms with Gasteiger partial charge in [-0.3, -0.25) is 14.4 Å². The Labute approximate surface area is 369 Å². The predicted molar refractivity (Wildman–Crippen MR) is 231 cm³/mol. The van der Waals surface area contributed by atoms with Crippen LogP contribution in [0.3, 0.4) is 0 Å². The number of rotatable bonds is 24. The van der Waals surface area contributed by atoms with Crippen LogP contribution in [0.15, 0.2) is 24.3 Å². The molecule has 15 heteroatoms. The van der Waals surface area contributed by atoms with Gasteiger partial charge in [-0.25, -0.2) is 0 Å². The summed E-state index contributed by atoms with van der Waals surface area (Å²) in [5, 5.41) is 27.3. The van der Waals surface area contributed by atoms with Gasteiger partial charge in [0.2, 0.25) is 11.8 Å². The molecule has 5 fully saturated rings. The second-order valence-electron chi connectivity index (χ2n) is 18.9. The van der Waals surface area contributed by atoms with Crippen LogP contribution in [0.25, 0.3) is 0 Å². The van der Waals surface area contributed by atoms with Crippen LogP contribution in [0.5, 0.6) is 0 Å². The molecule has 0 aromatic rings. The van der Waals surface area contributed by atoms with E-state index in [1.54, 1.807) is 14.0 Å². The van der Waals surface area contributed by atoms with E-state index in [0.29, 0.717) is 45.0 Å². The summed E-state index contributed by atoms with van der Waals surface area (Å²) in [5.41, 5.74) is 2.30. The normalized spacial score (nSPS) is 33.7. The van der Waals surface area contributed by atoms with Crippen molar-refractivity contribution in [2.75, 3.05) is 53.8 Å². The van der Waals surface area contributed by atoms with Crippen LogP contribution in [0.2, 0.25) is 0 Å². The zero-order chi connectivity index (χ0) is 44.9. The van der Waals surface area contributed by atoms with Crippen molar-refractivity contribution in [1.82, 2.24) is 10.6 Å². The number of aliphatic hydroxyl groups excluding tert-OH is 2. The molecule has 5 aliphatic heterocycles. The molecule has 5 rings (SSSR count). The lowest BCUT2D eigenvalue weighted by molar-refractivity contribution is -0.193. The van der Waals surface area contributed by atoms with Crippen LogP contribution in [0, 0.1) is 23.7 Å². The number of nitrogens with one attached hydrogen (secondary N) is 2. The Morgan fingerprint density at radius 1 is 0.919 bits per heavy atom. The number of ketones is 1. The lowest BCUT2D eigenvalue weighted by atomic mass is 9.76. The number of hydrogen-bond acceptors (Lipinski definition) is 13. The molecule has 0 saturated carbocycles. The molecule has 0 radical (unpaired) electrons. The summed E-state index contributed by atoms with van der Waals surface area (Å²) < 4.78 is 48.9. The van der Waals surface area contributed by atoms with Gasteiger partial charge in [0.1, 0.15) is 24.0 Å². The molecule has 4 N–H and O–H groups in total. The third-order valence-electron chi connectivity index (χ3n) is 13.4. The first-order valence-electron chi connectivity index (χ1n) is 23.3. The molecule has 0 aliphatic carbocycles. The smallest absolute Gasteiger partial charge is 0.242 e. The Morgan fingerprint density at radius 2 is 1.69 bits per heavy atom. The van der Waals surface area contributed by atoms with E-state index in [0.717, 1.165) is 50.7 Å². The van der Waals surface area contributed by atoms with Gasteiger partial charge in [0.25, 0.3) is 0 Å². The summed E-state index contributed by atoms with van der Waals surface area (Å²) in [7, 11) is 3.09. The lowest BCUT2D eigenvalue weighted by Gasteiger charge is -2.39. The summed E-state index contributed by atoms with van der Waals surface area (Å²) in [4.78, 5) is 38.1. The van der Waals surface area contributed by atoms with Crippen LogP contribution < -0.4 is 10.6 Å². The molecule has 5 aliphatic rings. The van der Waals surface area contributed by atoms with Crippen LogP contribution in [-0.4, -0.2) is 155 Å². The van der Waals surface area contributed by atoms with Crippen molar-refractivity contribution in [1.29, 1.82) is 0 Å². The topological polar surface area (TPSA) is 190 Å². The van der Waals surface area contributed by atoms with E-state index in [1.807, 2.05) is 13.8 Å². The van der Waals surface area contributed by atoms with E-state index in [9.17, 15) is 24.6 Å². The monoisotopic (exact) mass is 879 g/mol. The van der Waals surface area contributed by atoms with Gasteiger partial charge >= 0.3 is 0 Å². The maximum absolute atomic E-state index is 13.5. The number of carbonyl (C=O) groups excluding carboxylic acids is 3. The summed E-state index contributed by atoms with van der Waals surface area (Å²) >= 11 is 0. The predicted octanol–water partition coefficient (Wildman–Crippen LogP) is 3.99. The summed E-state index contributed by atoms with van der Waals surface area (Å²) in [6, 6.07) is -0.732. The number of aliphatic hydroxyl groups is 2. The summed E-state index contributed by atoms with van der Waals surface area (Å²) in [6.07, 6.45) is 3.50. The van der Waals surface area contributed by atoms with Gasteiger partial charge in [-0.1, -0.05) is 33.9 Å². The van der Waals surface area contributed by atoms with Gasteiger partial charge in [-0.05, 0) is 87.2 Å². The number of hydrogen-bond donors (Lipinski definition) is 4. The van der Waals surface area contributed by atoms with Crippen LogP contribution in [0.4, 0.5) is 0 Å². The first kappa shape index (κ1) is 50.7. The molecule has 2 amide bonds. The molecular formula is C47H78N2O13. The van der Waals surface area contributed by atoms with Gasteiger partial charge < -0.3 is 58.7 Å². The number of ether oxygens (including phenoxy) is 8. The number of amides is 2. The fourth-order valence-corrected chi connectivity index (χ4v) is 10.2. The number of carbonyl (C=O) groups is 3. The highest BCUT2D eigenvalue weighted by molar-refractivity contribution is 5.87. The maximum atomic E-state index is 13.5. The first-order valence-corrected chi connectivity index (χ1v) is 23.3. The van der Waals surface area contributed by atoms with Crippen LogP contribution in [-0.2, 0) is 52.3 Å². The first-order chi connectivity index (χ1) is 29.7. The Kier molecular flexibility index (Phi) is 20.3. The molecule has 62 heavy (non-hydrogen) atoms. The average molecular weight is 879 g/mol. The highest BCUT2D eigenvalue weighted by Crippen LogP contribution is 2.42.